The summed E-state index contributed by atoms with van der Waals surface area (Å²) in [6.07, 6.45) is 2.07. The smallest absolute Gasteiger partial charge is 0.151 e. The van der Waals surface area contributed by atoms with Gasteiger partial charge in [0.15, 0.2) is 5.82 Å². The summed E-state index contributed by atoms with van der Waals surface area (Å²) >= 11 is 1.74. The number of hydrogen-bond acceptors (Lipinski definition) is 3. The van der Waals surface area contributed by atoms with Crippen LogP contribution in [0, 0.1) is 0 Å². The van der Waals surface area contributed by atoms with Gasteiger partial charge in [-0.3, -0.25) is 0 Å². The van der Waals surface area contributed by atoms with Crippen molar-refractivity contribution in [1.82, 2.24) is 9.55 Å². The number of aryl methyl sites for hydroxylation is 1. The van der Waals surface area contributed by atoms with E-state index in [2.05, 4.69) is 78.4 Å². The van der Waals surface area contributed by atoms with E-state index in [1.54, 1.807) is 11.3 Å². The summed E-state index contributed by atoms with van der Waals surface area (Å²) in [6, 6.07) is 21.0. The lowest BCUT2D eigenvalue weighted by molar-refractivity contribution is 0.299. The molecule has 2 aromatic heterocycles. The van der Waals surface area contributed by atoms with Gasteiger partial charge in [0, 0.05) is 6.54 Å². The number of imidazole rings is 1. The van der Waals surface area contributed by atoms with Gasteiger partial charge in [-0.25, -0.2) is 4.98 Å². The van der Waals surface area contributed by atoms with E-state index in [-0.39, 0.29) is 0 Å². The molecule has 0 saturated carbocycles. The fourth-order valence-electron chi connectivity index (χ4n) is 3.54. The number of rotatable bonds is 8. The number of para-hydroxylation sites is 3. The maximum absolute atomic E-state index is 6.09. The fourth-order valence-corrected chi connectivity index (χ4v) is 4.26. The molecule has 0 fully saturated rings. The van der Waals surface area contributed by atoms with Crippen LogP contribution in [0.15, 0.2) is 66.0 Å². The Kier molecular flexibility index (Phi) is 5.77. The maximum atomic E-state index is 6.09. The zero-order valence-corrected chi connectivity index (χ0v) is 17.3. The lowest BCUT2D eigenvalue weighted by atomic mass is 10.0. The second-order valence-corrected chi connectivity index (χ2v) is 8.25. The van der Waals surface area contributed by atoms with Gasteiger partial charge < -0.3 is 9.30 Å². The highest BCUT2D eigenvalue weighted by Crippen LogP contribution is 2.29. The van der Waals surface area contributed by atoms with Crippen LogP contribution in [0.25, 0.3) is 21.7 Å². The average molecular weight is 391 g/mol. The quantitative estimate of drug-likeness (QED) is 0.311. The summed E-state index contributed by atoms with van der Waals surface area (Å²) in [4.78, 5) is 6.10. The Morgan fingerprint density at radius 1 is 0.964 bits per heavy atom. The third-order valence-electron chi connectivity index (χ3n) is 4.97. The fraction of sp³-hybridized carbons (Fsp3) is 0.292. The largest absolute Gasteiger partial charge is 0.493 e. The Balaban J connectivity index is 1.42. The Morgan fingerprint density at radius 2 is 1.79 bits per heavy atom. The highest BCUT2D eigenvalue weighted by atomic mass is 32.1. The molecule has 2 aromatic carbocycles. The van der Waals surface area contributed by atoms with Crippen LogP contribution in [0.2, 0.25) is 0 Å². The van der Waals surface area contributed by atoms with Gasteiger partial charge in [-0.2, -0.15) is 0 Å². The topological polar surface area (TPSA) is 27.1 Å². The van der Waals surface area contributed by atoms with E-state index in [1.807, 2.05) is 6.07 Å². The predicted molar refractivity (Wildman–Crippen MR) is 118 cm³/mol. The van der Waals surface area contributed by atoms with Crippen LogP contribution in [-0.2, 0) is 6.54 Å². The predicted octanol–water partition coefficient (Wildman–Crippen LogP) is 6.75. The van der Waals surface area contributed by atoms with E-state index in [9.17, 15) is 0 Å². The second-order valence-electron chi connectivity index (χ2n) is 7.30. The molecule has 0 amide bonds. The van der Waals surface area contributed by atoms with Gasteiger partial charge in [-0.1, -0.05) is 50.2 Å². The van der Waals surface area contributed by atoms with Crippen LogP contribution in [0.4, 0.5) is 0 Å². The molecule has 0 unspecified atom stereocenters. The number of benzene rings is 2. The number of nitrogens with zero attached hydrogens (tertiary/aromatic N) is 2. The third kappa shape index (κ3) is 3.97. The average Bonchev–Trinajstić information content (AvgIpc) is 3.36. The molecule has 28 heavy (non-hydrogen) atoms. The molecule has 0 aliphatic carbocycles. The summed E-state index contributed by atoms with van der Waals surface area (Å²) in [7, 11) is 0. The number of ether oxygens (including phenoxy) is 1. The minimum atomic E-state index is 0.474. The van der Waals surface area contributed by atoms with Crippen molar-refractivity contribution in [2.45, 2.75) is 39.2 Å². The van der Waals surface area contributed by atoms with Crippen LogP contribution in [0.5, 0.6) is 5.75 Å². The number of hydrogen-bond donors (Lipinski definition) is 0. The summed E-state index contributed by atoms with van der Waals surface area (Å²) in [5.41, 5.74) is 3.55. The van der Waals surface area contributed by atoms with E-state index in [4.69, 9.17) is 9.72 Å². The van der Waals surface area contributed by atoms with Gasteiger partial charge in [0.2, 0.25) is 0 Å². The molecule has 0 radical (unpaired) electrons. The first kappa shape index (κ1) is 18.8. The van der Waals surface area contributed by atoms with Crippen molar-refractivity contribution in [3.8, 4) is 16.5 Å². The SMILES string of the molecule is CC(C)c1ccccc1OCCCCn1c(-c2cccs2)nc2ccccc21. The third-order valence-corrected chi connectivity index (χ3v) is 5.84. The van der Waals surface area contributed by atoms with Gasteiger partial charge in [0.1, 0.15) is 5.75 Å². The summed E-state index contributed by atoms with van der Waals surface area (Å²) in [5.74, 6) is 2.56. The van der Waals surface area contributed by atoms with E-state index < -0.39 is 0 Å². The van der Waals surface area contributed by atoms with Crippen LogP contribution < -0.4 is 4.74 Å². The Labute approximate surface area is 170 Å². The molecule has 144 valence electrons. The van der Waals surface area contributed by atoms with E-state index in [0.717, 1.165) is 43.1 Å². The molecule has 4 rings (SSSR count). The molecule has 3 nitrogen and oxygen atoms in total. The van der Waals surface area contributed by atoms with Crippen molar-refractivity contribution in [2.24, 2.45) is 0 Å². The van der Waals surface area contributed by atoms with E-state index in [0.29, 0.717) is 5.92 Å². The molecule has 2 heterocycles. The molecule has 0 spiro atoms. The minimum absolute atomic E-state index is 0.474. The number of fused-ring (bicyclic) bond motifs is 1. The minimum Gasteiger partial charge on any atom is -0.493 e. The van der Waals surface area contributed by atoms with Crippen molar-refractivity contribution < 1.29 is 4.74 Å². The Bertz CT molecular complexity index is 1030. The van der Waals surface area contributed by atoms with Crippen LogP contribution in [0.3, 0.4) is 0 Å². The summed E-state index contributed by atoms with van der Waals surface area (Å²) in [5, 5.41) is 2.11. The second kappa shape index (κ2) is 8.61. The molecule has 0 aliphatic rings. The first-order valence-electron chi connectivity index (χ1n) is 9.95. The van der Waals surface area contributed by atoms with Crippen LogP contribution in [0.1, 0.15) is 38.2 Å². The van der Waals surface area contributed by atoms with Gasteiger partial charge in [0.05, 0.1) is 22.5 Å². The van der Waals surface area contributed by atoms with Gasteiger partial charge in [-0.15, -0.1) is 11.3 Å². The van der Waals surface area contributed by atoms with E-state index >= 15 is 0 Å². The van der Waals surface area contributed by atoms with Crippen molar-refractivity contribution in [1.29, 1.82) is 0 Å². The zero-order valence-electron chi connectivity index (χ0n) is 16.5. The highest BCUT2D eigenvalue weighted by molar-refractivity contribution is 7.13. The summed E-state index contributed by atoms with van der Waals surface area (Å²) < 4.78 is 8.44. The normalized spacial score (nSPS) is 11.4. The molecule has 4 aromatic rings. The van der Waals surface area contributed by atoms with Crippen molar-refractivity contribution >= 4 is 22.4 Å². The molecular weight excluding hydrogens is 364 g/mol. The van der Waals surface area contributed by atoms with Gasteiger partial charge in [-0.05, 0) is 54.0 Å². The number of thiophene rings is 1. The number of aromatic nitrogens is 2. The van der Waals surface area contributed by atoms with Crippen LogP contribution in [-0.4, -0.2) is 16.2 Å². The highest BCUT2D eigenvalue weighted by Gasteiger charge is 2.13. The van der Waals surface area contributed by atoms with Gasteiger partial charge in [0.25, 0.3) is 0 Å². The van der Waals surface area contributed by atoms with Crippen molar-refractivity contribution in [3.05, 3.63) is 71.6 Å². The molecular formula is C24H26N2OS. The number of unbranched alkanes of at least 4 members (excludes halogenated alkanes) is 1. The Morgan fingerprint density at radius 3 is 2.61 bits per heavy atom. The standard InChI is InChI=1S/C24H26N2OS/c1-18(2)19-10-3-6-13-22(19)27-16-8-7-15-26-21-12-5-4-11-20(21)25-24(26)23-14-9-17-28-23/h3-6,9-14,17-18H,7-8,15-16H2,1-2H3. The van der Waals surface area contributed by atoms with E-state index in [1.165, 1.54) is 16.0 Å². The lowest BCUT2D eigenvalue weighted by Gasteiger charge is -2.14. The monoisotopic (exact) mass is 390 g/mol. The van der Waals surface area contributed by atoms with Gasteiger partial charge >= 0.3 is 0 Å². The van der Waals surface area contributed by atoms with Crippen LogP contribution >= 0.6 is 11.3 Å². The Hall–Kier alpha value is -2.59. The molecule has 0 saturated heterocycles. The molecule has 0 aliphatic heterocycles. The molecule has 0 bridgehead atoms. The molecule has 0 N–H and O–H groups in total. The van der Waals surface area contributed by atoms with Crippen molar-refractivity contribution in [2.75, 3.05) is 6.61 Å². The summed E-state index contributed by atoms with van der Waals surface area (Å²) in [6.45, 7) is 6.10. The molecule has 0 atom stereocenters. The maximum Gasteiger partial charge on any atom is 0.151 e. The first-order chi connectivity index (χ1) is 13.7. The zero-order chi connectivity index (χ0) is 19.3. The first-order valence-corrected chi connectivity index (χ1v) is 10.8. The lowest BCUT2D eigenvalue weighted by Crippen LogP contribution is -2.05. The van der Waals surface area contributed by atoms with Crippen molar-refractivity contribution in [3.63, 3.8) is 0 Å². The molecule has 4 heteroatoms.